The highest BCUT2D eigenvalue weighted by Gasteiger charge is 2.22. The van der Waals surface area contributed by atoms with Crippen molar-refractivity contribution in [3.05, 3.63) is 29.3 Å². The molecule has 0 aromatic heterocycles. The van der Waals surface area contributed by atoms with Crippen LogP contribution in [0.4, 0.5) is 0 Å². The molecule has 18 heavy (non-hydrogen) atoms. The Balaban J connectivity index is 1.90. The smallest absolute Gasteiger partial charge is 0.233 e. The molecular weight excluding hydrogens is 268 g/mol. The molecule has 0 spiro atoms. The van der Waals surface area contributed by atoms with Crippen LogP contribution in [0.1, 0.15) is 6.92 Å². The fourth-order valence-corrected chi connectivity index (χ4v) is 3.12. The van der Waals surface area contributed by atoms with Crippen LogP contribution < -0.4 is 5.32 Å². The second kappa shape index (κ2) is 6.45. The molecule has 0 bridgehead atoms. The zero-order valence-electron chi connectivity index (χ0n) is 10.4. The summed E-state index contributed by atoms with van der Waals surface area (Å²) in [5, 5.41) is 3.99. The Kier molecular flexibility index (Phi) is 4.92. The SMILES string of the molecule is CC1CNCCN1C(=O)CSc1ccccc1Cl. The molecule has 1 atom stereocenters. The van der Waals surface area contributed by atoms with E-state index in [0.29, 0.717) is 10.8 Å². The number of hydrogen-bond donors (Lipinski definition) is 1. The molecule has 2 rings (SSSR count). The molecule has 5 heteroatoms. The lowest BCUT2D eigenvalue weighted by molar-refractivity contribution is -0.131. The predicted octanol–water partition coefficient (Wildman–Crippen LogP) is 2.25. The van der Waals surface area contributed by atoms with E-state index in [9.17, 15) is 4.79 Å². The van der Waals surface area contributed by atoms with Gasteiger partial charge < -0.3 is 10.2 Å². The van der Waals surface area contributed by atoms with Gasteiger partial charge in [0.2, 0.25) is 5.91 Å². The number of piperazine rings is 1. The lowest BCUT2D eigenvalue weighted by atomic mass is 10.2. The van der Waals surface area contributed by atoms with Crippen molar-refractivity contribution < 1.29 is 4.79 Å². The van der Waals surface area contributed by atoms with Crippen molar-refractivity contribution in [2.45, 2.75) is 17.9 Å². The molecule has 1 fully saturated rings. The summed E-state index contributed by atoms with van der Waals surface area (Å²) < 4.78 is 0. The van der Waals surface area contributed by atoms with Crippen molar-refractivity contribution >= 4 is 29.3 Å². The quantitative estimate of drug-likeness (QED) is 0.864. The van der Waals surface area contributed by atoms with Gasteiger partial charge in [0.25, 0.3) is 0 Å². The zero-order chi connectivity index (χ0) is 13.0. The van der Waals surface area contributed by atoms with E-state index in [1.807, 2.05) is 29.2 Å². The maximum Gasteiger partial charge on any atom is 0.233 e. The number of carbonyl (C=O) groups excluding carboxylic acids is 1. The summed E-state index contributed by atoms with van der Waals surface area (Å²) in [5.74, 6) is 0.641. The molecule has 1 aliphatic heterocycles. The fraction of sp³-hybridized carbons (Fsp3) is 0.462. The Morgan fingerprint density at radius 3 is 3.06 bits per heavy atom. The Morgan fingerprint density at radius 1 is 1.56 bits per heavy atom. The number of halogens is 1. The number of amides is 1. The number of thioether (sulfide) groups is 1. The van der Waals surface area contributed by atoms with Crippen molar-refractivity contribution in [3.8, 4) is 0 Å². The molecule has 1 N–H and O–H groups in total. The topological polar surface area (TPSA) is 32.3 Å². The van der Waals surface area contributed by atoms with E-state index in [4.69, 9.17) is 11.6 Å². The molecule has 98 valence electrons. The van der Waals surface area contributed by atoms with Crippen LogP contribution in [0.3, 0.4) is 0 Å². The third kappa shape index (κ3) is 3.40. The summed E-state index contributed by atoms with van der Waals surface area (Å²) in [6.07, 6.45) is 0. The number of nitrogens with zero attached hydrogens (tertiary/aromatic N) is 1. The number of carbonyl (C=O) groups is 1. The second-order valence-corrected chi connectivity index (χ2v) is 5.78. The molecule has 1 heterocycles. The highest BCUT2D eigenvalue weighted by atomic mass is 35.5. The molecule has 3 nitrogen and oxygen atoms in total. The summed E-state index contributed by atoms with van der Waals surface area (Å²) in [7, 11) is 0. The average molecular weight is 285 g/mol. The van der Waals surface area contributed by atoms with Gasteiger partial charge in [0, 0.05) is 30.6 Å². The number of hydrogen-bond acceptors (Lipinski definition) is 3. The van der Waals surface area contributed by atoms with Crippen LogP contribution >= 0.6 is 23.4 Å². The summed E-state index contributed by atoms with van der Waals surface area (Å²) in [6.45, 7) is 4.63. The predicted molar refractivity (Wildman–Crippen MR) is 76.2 cm³/mol. The minimum atomic E-state index is 0.189. The molecule has 0 radical (unpaired) electrons. The first kappa shape index (κ1) is 13.7. The minimum Gasteiger partial charge on any atom is -0.337 e. The summed E-state index contributed by atoms with van der Waals surface area (Å²) in [5.41, 5.74) is 0. The lowest BCUT2D eigenvalue weighted by Gasteiger charge is -2.34. The van der Waals surface area contributed by atoms with Gasteiger partial charge in [-0.2, -0.15) is 0 Å². The molecular formula is C13H17ClN2OS. The molecule has 1 aromatic carbocycles. The van der Waals surface area contributed by atoms with Crippen molar-refractivity contribution in [3.63, 3.8) is 0 Å². The zero-order valence-corrected chi connectivity index (χ0v) is 11.9. The first-order valence-corrected chi connectivity index (χ1v) is 7.42. The first-order chi connectivity index (χ1) is 8.68. The number of nitrogens with one attached hydrogen (secondary N) is 1. The van der Waals surface area contributed by atoms with E-state index in [1.165, 1.54) is 11.8 Å². The lowest BCUT2D eigenvalue weighted by Crippen LogP contribution is -2.52. The third-order valence-electron chi connectivity index (χ3n) is 3.01. The first-order valence-electron chi connectivity index (χ1n) is 6.06. The van der Waals surface area contributed by atoms with Gasteiger partial charge in [-0.25, -0.2) is 0 Å². The fourth-order valence-electron chi connectivity index (χ4n) is 2.00. The monoisotopic (exact) mass is 284 g/mol. The Hall–Kier alpha value is -0.710. The van der Waals surface area contributed by atoms with E-state index < -0.39 is 0 Å². The van der Waals surface area contributed by atoms with Crippen LogP contribution in [0.2, 0.25) is 5.02 Å². The maximum atomic E-state index is 12.1. The highest BCUT2D eigenvalue weighted by molar-refractivity contribution is 8.00. The maximum absolute atomic E-state index is 12.1. The van der Waals surface area contributed by atoms with Gasteiger partial charge in [0.05, 0.1) is 10.8 Å². The van der Waals surface area contributed by atoms with Crippen molar-refractivity contribution in [1.29, 1.82) is 0 Å². The number of benzene rings is 1. The van der Waals surface area contributed by atoms with Crippen LogP contribution in [0.25, 0.3) is 0 Å². The van der Waals surface area contributed by atoms with Crippen molar-refractivity contribution in [2.24, 2.45) is 0 Å². The van der Waals surface area contributed by atoms with E-state index >= 15 is 0 Å². The van der Waals surface area contributed by atoms with E-state index in [-0.39, 0.29) is 11.9 Å². The summed E-state index contributed by atoms with van der Waals surface area (Å²) in [6, 6.07) is 7.90. The standard InChI is InChI=1S/C13H17ClN2OS/c1-10-8-15-6-7-16(10)13(17)9-18-12-5-3-2-4-11(12)14/h2-5,10,15H,6-9H2,1H3. The minimum absolute atomic E-state index is 0.189. The van der Waals surface area contributed by atoms with E-state index in [2.05, 4.69) is 12.2 Å². The second-order valence-electron chi connectivity index (χ2n) is 4.36. The van der Waals surface area contributed by atoms with Gasteiger partial charge in [0.1, 0.15) is 0 Å². The van der Waals surface area contributed by atoms with Crippen LogP contribution in [0.5, 0.6) is 0 Å². The Morgan fingerprint density at radius 2 is 2.33 bits per heavy atom. The molecule has 0 aliphatic carbocycles. The molecule has 1 unspecified atom stereocenters. The Bertz CT molecular complexity index is 427. The summed E-state index contributed by atoms with van der Waals surface area (Å²) in [4.78, 5) is 15.0. The molecule has 1 aliphatic rings. The van der Waals surface area contributed by atoms with Crippen molar-refractivity contribution in [1.82, 2.24) is 10.2 Å². The van der Waals surface area contributed by atoms with Gasteiger partial charge in [-0.1, -0.05) is 23.7 Å². The Labute approximate surface area is 117 Å². The van der Waals surface area contributed by atoms with Crippen LogP contribution in [-0.4, -0.2) is 42.2 Å². The van der Waals surface area contributed by atoms with Gasteiger partial charge in [-0.3, -0.25) is 4.79 Å². The van der Waals surface area contributed by atoms with E-state index in [0.717, 1.165) is 24.5 Å². The van der Waals surface area contributed by atoms with E-state index in [1.54, 1.807) is 0 Å². The average Bonchev–Trinajstić information content (AvgIpc) is 2.38. The molecule has 0 saturated carbocycles. The van der Waals surface area contributed by atoms with Crippen LogP contribution in [-0.2, 0) is 4.79 Å². The van der Waals surface area contributed by atoms with Gasteiger partial charge in [-0.05, 0) is 19.1 Å². The third-order valence-corrected chi connectivity index (χ3v) is 4.51. The van der Waals surface area contributed by atoms with Crippen molar-refractivity contribution in [2.75, 3.05) is 25.4 Å². The van der Waals surface area contributed by atoms with Crippen LogP contribution in [0, 0.1) is 0 Å². The van der Waals surface area contributed by atoms with Gasteiger partial charge in [-0.15, -0.1) is 11.8 Å². The number of rotatable bonds is 3. The van der Waals surface area contributed by atoms with Gasteiger partial charge >= 0.3 is 0 Å². The highest BCUT2D eigenvalue weighted by Crippen LogP contribution is 2.26. The normalized spacial score (nSPS) is 19.9. The summed E-state index contributed by atoms with van der Waals surface area (Å²) >= 11 is 7.57. The largest absolute Gasteiger partial charge is 0.337 e. The van der Waals surface area contributed by atoms with Gasteiger partial charge in [0.15, 0.2) is 0 Å². The molecule has 1 saturated heterocycles. The molecule has 1 aromatic rings. The van der Waals surface area contributed by atoms with Crippen LogP contribution in [0.15, 0.2) is 29.2 Å². The molecule has 1 amide bonds.